The minimum absolute atomic E-state index is 0.216. The van der Waals surface area contributed by atoms with Crippen LogP contribution in [-0.2, 0) is 4.79 Å². The molecule has 0 aromatic carbocycles. The molecule has 0 amide bonds. The Morgan fingerprint density at radius 3 is 2.93 bits per heavy atom. The highest BCUT2D eigenvalue weighted by Gasteiger charge is 2.40. The summed E-state index contributed by atoms with van der Waals surface area (Å²) in [6, 6.07) is 0. The molecule has 0 aromatic heterocycles. The summed E-state index contributed by atoms with van der Waals surface area (Å²) in [5.74, 6) is 1.56. The van der Waals surface area contributed by atoms with Crippen molar-refractivity contribution >= 4 is 5.78 Å². The zero-order chi connectivity index (χ0) is 11.1. The first kappa shape index (κ1) is 10.7. The van der Waals surface area contributed by atoms with Crippen LogP contribution >= 0.6 is 0 Å². The average molecular weight is 204 g/mol. The van der Waals surface area contributed by atoms with Crippen LogP contribution in [0.15, 0.2) is 23.8 Å². The van der Waals surface area contributed by atoms with Gasteiger partial charge in [-0.05, 0) is 49.0 Å². The number of ketones is 1. The van der Waals surface area contributed by atoms with E-state index in [1.165, 1.54) is 0 Å². The Morgan fingerprint density at radius 2 is 2.27 bits per heavy atom. The van der Waals surface area contributed by atoms with E-state index in [1.54, 1.807) is 6.92 Å². The molecule has 0 radical (unpaired) electrons. The van der Waals surface area contributed by atoms with E-state index in [-0.39, 0.29) is 11.2 Å². The number of hydrogen-bond donors (Lipinski definition) is 0. The smallest absolute Gasteiger partial charge is 0.155 e. The maximum absolute atomic E-state index is 11.4. The Balaban J connectivity index is 2.37. The molecule has 2 rings (SSSR count). The number of carbonyl (C=O) groups excluding carboxylic acids is 1. The minimum Gasteiger partial charge on any atom is -0.295 e. The second kappa shape index (κ2) is 3.62. The molecule has 0 aromatic rings. The maximum atomic E-state index is 11.4. The predicted octanol–water partition coefficient (Wildman–Crippen LogP) is 3.51. The monoisotopic (exact) mass is 204 g/mol. The third kappa shape index (κ3) is 1.68. The third-order valence-electron chi connectivity index (χ3n) is 4.38. The Morgan fingerprint density at radius 1 is 1.53 bits per heavy atom. The molecule has 0 N–H and O–H groups in total. The Bertz CT molecular complexity index is 337. The topological polar surface area (TPSA) is 17.1 Å². The van der Waals surface area contributed by atoms with E-state index in [9.17, 15) is 4.79 Å². The van der Waals surface area contributed by atoms with Crippen LogP contribution in [0, 0.1) is 17.3 Å². The zero-order valence-electron chi connectivity index (χ0n) is 9.92. The van der Waals surface area contributed by atoms with Crippen molar-refractivity contribution in [1.82, 2.24) is 0 Å². The number of hydrogen-bond acceptors (Lipinski definition) is 1. The van der Waals surface area contributed by atoms with E-state index in [2.05, 4.69) is 32.1 Å². The fourth-order valence-corrected chi connectivity index (χ4v) is 2.97. The Labute approximate surface area is 92.3 Å². The molecule has 2 aliphatic rings. The van der Waals surface area contributed by atoms with Crippen molar-refractivity contribution in [2.45, 2.75) is 40.0 Å². The van der Waals surface area contributed by atoms with Crippen LogP contribution in [0.2, 0.25) is 0 Å². The van der Waals surface area contributed by atoms with Crippen molar-refractivity contribution in [2.75, 3.05) is 0 Å². The molecule has 0 saturated heterocycles. The average Bonchev–Trinajstić information content (AvgIpc) is 2.19. The molecule has 15 heavy (non-hydrogen) atoms. The molecule has 0 saturated carbocycles. The summed E-state index contributed by atoms with van der Waals surface area (Å²) >= 11 is 0. The lowest BCUT2D eigenvalue weighted by molar-refractivity contribution is -0.114. The van der Waals surface area contributed by atoms with Crippen molar-refractivity contribution in [2.24, 2.45) is 17.3 Å². The largest absolute Gasteiger partial charge is 0.295 e. The lowest BCUT2D eigenvalue weighted by Gasteiger charge is -2.44. The molecule has 0 heterocycles. The second-order valence-electron chi connectivity index (χ2n) is 5.30. The van der Waals surface area contributed by atoms with Crippen molar-refractivity contribution in [3.05, 3.63) is 23.8 Å². The summed E-state index contributed by atoms with van der Waals surface area (Å²) in [6.07, 6.45) is 10.2. The van der Waals surface area contributed by atoms with Gasteiger partial charge in [-0.2, -0.15) is 0 Å². The van der Waals surface area contributed by atoms with Crippen molar-refractivity contribution in [3.8, 4) is 0 Å². The second-order valence-corrected chi connectivity index (χ2v) is 5.30. The number of fused-ring (bicyclic) bond motifs is 1. The predicted molar refractivity (Wildman–Crippen MR) is 62.5 cm³/mol. The van der Waals surface area contributed by atoms with Crippen LogP contribution in [0.5, 0.6) is 0 Å². The van der Waals surface area contributed by atoms with Crippen molar-refractivity contribution < 1.29 is 4.79 Å². The molecule has 3 atom stereocenters. The summed E-state index contributed by atoms with van der Waals surface area (Å²) in [5.41, 5.74) is 1.27. The van der Waals surface area contributed by atoms with Crippen LogP contribution in [0.4, 0.5) is 0 Å². The number of carbonyl (C=O) groups is 1. The van der Waals surface area contributed by atoms with Gasteiger partial charge in [-0.3, -0.25) is 4.79 Å². The summed E-state index contributed by atoms with van der Waals surface area (Å²) in [4.78, 5) is 11.4. The highest BCUT2D eigenvalue weighted by molar-refractivity contribution is 5.93. The van der Waals surface area contributed by atoms with Gasteiger partial charge in [0.15, 0.2) is 5.78 Å². The quantitative estimate of drug-likeness (QED) is 0.597. The zero-order valence-corrected chi connectivity index (χ0v) is 9.92. The van der Waals surface area contributed by atoms with Crippen LogP contribution in [0.25, 0.3) is 0 Å². The minimum atomic E-state index is 0.216. The molecular formula is C14H20O. The van der Waals surface area contributed by atoms with Gasteiger partial charge < -0.3 is 0 Å². The molecule has 0 spiro atoms. The first-order valence-corrected chi connectivity index (χ1v) is 5.93. The lowest BCUT2D eigenvalue weighted by Crippen LogP contribution is -2.36. The summed E-state index contributed by atoms with van der Waals surface area (Å²) < 4.78 is 0. The van der Waals surface area contributed by atoms with Gasteiger partial charge in [-0.15, -0.1) is 0 Å². The van der Waals surface area contributed by atoms with Gasteiger partial charge in [0, 0.05) is 0 Å². The molecule has 0 bridgehead atoms. The van der Waals surface area contributed by atoms with E-state index in [0.717, 1.165) is 24.8 Å². The van der Waals surface area contributed by atoms with Crippen LogP contribution in [0.3, 0.4) is 0 Å². The lowest BCUT2D eigenvalue weighted by atomic mass is 9.60. The van der Waals surface area contributed by atoms with E-state index in [1.807, 2.05) is 0 Å². The van der Waals surface area contributed by atoms with Crippen LogP contribution in [0.1, 0.15) is 40.0 Å². The Kier molecular flexibility index (Phi) is 2.57. The molecule has 0 fully saturated rings. The molecule has 1 nitrogen and oxygen atoms in total. The molecule has 0 aliphatic heterocycles. The van der Waals surface area contributed by atoms with E-state index in [0.29, 0.717) is 11.8 Å². The SMILES string of the molecule is CC(=O)C1=C[C@@]2(C)[C@H](C)CC=C[C@H]2CC1. The first-order chi connectivity index (χ1) is 7.04. The van der Waals surface area contributed by atoms with Gasteiger partial charge in [-0.25, -0.2) is 0 Å². The first-order valence-electron chi connectivity index (χ1n) is 5.93. The standard InChI is InChI=1S/C14H20O/c1-10-5-4-6-13-8-7-12(11(2)15)9-14(10,13)3/h4,6,9-10,13H,5,7-8H2,1-3H3/t10-,13+,14+/m1/s1. The van der Waals surface area contributed by atoms with Gasteiger partial charge in [0.25, 0.3) is 0 Å². The molecule has 0 unspecified atom stereocenters. The van der Waals surface area contributed by atoms with Crippen LogP contribution in [-0.4, -0.2) is 5.78 Å². The normalized spacial score (nSPS) is 39.5. The molecule has 82 valence electrons. The Hall–Kier alpha value is -0.850. The van der Waals surface area contributed by atoms with Gasteiger partial charge in [0.2, 0.25) is 0 Å². The van der Waals surface area contributed by atoms with E-state index >= 15 is 0 Å². The fraction of sp³-hybridized carbons (Fsp3) is 0.643. The fourth-order valence-electron chi connectivity index (χ4n) is 2.97. The highest BCUT2D eigenvalue weighted by atomic mass is 16.1. The van der Waals surface area contributed by atoms with Crippen molar-refractivity contribution in [1.29, 1.82) is 0 Å². The number of Topliss-reactive ketones (excluding diaryl/α,β-unsaturated/α-hetero) is 1. The van der Waals surface area contributed by atoms with Gasteiger partial charge in [0.1, 0.15) is 0 Å². The molecule has 1 heteroatoms. The van der Waals surface area contributed by atoms with Crippen LogP contribution < -0.4 is 0 Å². The molecular weight excluding hydrogens is 184 g/mol. The summed E-state index contributed by atoms with van der Waals surface area (Å²) in [7, 11) is 0. The molecule has 2 aliphatic carbocycles. The summed E-state index contributed by atoms with van der Waals surface area (Å²) in [5, 5.41) is 0. The van der Waals surface area contributed by atoms with Gasteiger partial charge in [-0.1, -0.05) is 32.1 Å². The highest BCUT2D eigenvalue weighted by Crippen LogP contribution is 2.49. The van der Waals surface area contributed by atoms with E-state index in [4.69, 9.17) is 0 Å². The van der Waals surface area contributed by atoms with Gasteiger partial charge >= 0.3 is 0 Å². The third-order valence-corrected chi connectivity index (χ3v) is 4.38. The number of allylic oxidation sites excluding steroid dienone is 4. The maximum Gasteiger partial charge on any atom is 0.155 e. The summed E-state index contributed by atoms with van der Waals surface area (Å²) in [6.45, 7) is 6.31. The van der Waals surface area contributed by atoms with Gasteiger partial charge in [0.05, 0.1) is 0 Å². The van der Waals surface area contributed by atoms with Crippen molar-refractivity contribution in [3.63, 3.8) is 0 Å². The van der Waals surface area contributed by atoms with E-state index < -0.39 is 0 Å². The number of rotatable bonds is 1.